The van der Waals surface area contributed by atoms with Crippen LogP contribution in [0.15, 0.2) is 0 Å². The second kappa shape index (κ2) is 8.99. The molecule has 1 aliphatic heterocycles. The Balaban J connectivity index is 1.99. The average Bonchev–Trinajstić information content (AvgIpc) is 2.57. The zero-order chi connectivity index (χ0) is 15.8. The van der Waals surface area contributed by atoms with Crippen LogP contribution in [-0.4, -0.2) is 48.6 Å². The van der Waals surface area contributed by atoms with Gasteiger partial charge in [0, 0.05) is 19.6 Å². The van der Waals surface area contributed by atoms with Crippen LogP contribution in [0.3, 0.4) is 0 Å². The Labute approximate surface area is 134 Å². The second-order valence-electron chi connectivity index (χ2n) is 6.75. The molecule has 0 spiro atoms. The van der Waals surface area contributed by atoms with Crippen molar-refractivity contribution in [2.75, 3.05) is 26.7 Å². The third-order valence-electron chi connectivity index (χ3n) is 5.08. The molecule has 0 radical (unpaired) electrons. The maximum atomic E-state index is 12.7. The van der Waals surface area contributed by atoms with Gasteiger partial charge in [0.25, 0.3) is 0 Å². The highest BCUT2D eigenvalue weighted by atomic mass is 16.2. The van der Waals surface area contributed by atoms with Crippen LogP contribution in [0.25, 0.3) is 0 Å². The van der Waals surface area contributed by atoms with E-state index >= 15 is 0 Å². The number of amides is 2. The van der Waals surface area contributed by atoms with Crippen LogP contribution in [0.2, 0.25) is 0 Å². The first kappa shape index (κ1) is 17.1. The number of carbonyl (C=O) groups is 1. The molecule has 0 aromatic rings. The molecule has 0 aromatic heterocycles. The molecule has 1 atom stereocenters. The Hall–Kier alpha value is -1.28. The van der Waals surface area contributed by atoms with Crippen LogP contribution in [0.5, 0.6) is 0 Å². The van der Waals surface area contributed by atoms with E-state index in [1.165, 1.54) is 43.4 Å². The Kier molecular flexibility index (Phi) is 6.98. The van der Waals surface area contributed by atoms with Gasteiger partial charge < -0.3 is 10.2 Å². The van der Waals surface area contributed by atoms with Crippen molar-refractivity contribution in [1.29, 1.82) is 5.26 Å². The molecule has 0 unspecified atom stereocenters. The average molecular weight is 306 g/mol. The molecule has 1 N–H and O–H groups in total. The van der Waals surface area contributed by atoms with Crippen molar-refractivity contribution < 1.29 is 4.79 Å². The molecule has 2 rings (SSSR count). The van der Waals surface area contributed by atoms with Crippen LogP contribution < -0.4 is 5.32 Å². The van der Waals surface area contributed by atoms with E-state index in [1.54, 1.807) is 0 Å². The number of hydrogen-bond donors (Lipinski definition) is 1. The zero-order valence-corrected chi connectivity index (χ0v) is 13.9. The van der Waals surface area contributed by atoms with Gasteiger partial charge in [0.2, 0.25) is 0 Å². The van der Waals surface area contributed by atoms with Crippen LogP contribution in [-0.2, 0) is 0 Å². The molecule has 5 heteroatoms. The Morgan fingerprint density at radius 1 is 1.23 bits per heavy atom. The van der Waals surface area contributed by atoms with Crippen LogP contribution in [0.4, 0.5) is 4.79 Å². The van der Waals surface area contributed by atoms with Crippen molar-refractivity contribution in [2.45, 2.75) is 63.8 Å². The van der Waals surface area contributed by atoms with Crippen molar-refractivity contribution in [1.82, 2.24) is 15.1 Å². The molecule has 2 amide bonds. The zero-order valence-electron chi connectivity index (χ0n) is 13.9. The SMILES string of the molecule is CNC[C@H](CC1CCCCC1)N(C#N)C(=O)N1CCCCC1. The van der Waals surface area contributed by atoms with Gasteiger partial charge in [-0.3, -0.25) is 0 Å². The van der Waals surface area contributed by atoms with Crippen molar-refractivity contribution in [2.24, 2.45) is 5.92 Å². The lowest BCUT2D eigenvalue weighted by Gasteiger charge is -2.35. The normalized spacial score (nSPS) is 21.2. The fourth-order valence-electron chi connectivity index (χ4n) is 3.84. The molecule has 1 saturated carbocycles. The first-order chi connectivity index (χ1) is 10.8. The molecule has 0 aromatic carbocycles. The summed E-state index contributed by atoms with van der Waals surface area (Å²) in [6.45, 7) is 2.29. The van der Waals surface area contributed by atoms with E-state index in [2.05, 4.69) is 11.5 Å². The van der Waals surface area contributed by atoms with E-state index < -0.39 is 0 Å². The van der Waals surface area contributed by atoms with Gasteiger partial charge >= 0.3 is 6.03 Å². The summed E-state index contributed by atoms with van der Waals surface area (Å²) in [7, 11) is 1.90. The van der Waals surface area contributed by atoms with Gasteiger partial charge in [-0.2, -0.15) is 5.26 Å². The number of carbonyl (C=O) groups excluding carboxylic acids is 1. The van der Waals surface area contributed by atoms with E-state index in [0.29, 0.717) is 12.5 Å². The molecular formula is C17H30N4O. The number of rotatable bonds is 5. The molecule has 2 aliphatic rings. The molecule has 5 nitrogen and oxygen atoms in total. The highest BCUT2D eigenvalue weighted by Gasteiger charge is 2.30. The fraction of sp³-hybridized carbons (Fsp3) is 0.882. The topological polar surface area (TPSA) is 59.4 Å². The van der Waals surface area contributed by atoms with Gasteiger partial charge in [0.15, 0.2) is 6.19 Å². The van der Waals surface area contributed by atoms with E-state index in [0.717, 1.165) is 32.4 Å². The minimum atomic E-state index is -0.0849. The van der Waals surface area contributed by atoms with Gasteiger partial charge in [-0.1, -0.05) is 32.1 Å². The Morgan fingerprint density at radius 3 is 2.45 bits per heavy atom. The van der Waals surface area contributed by atoms with Crippen LogP contribution >= 0.6 is 0 Å². The third-order valence-corrected chi connectivity index (χ3v) is 5.08. The first-order valence-electron chi connectivity index (χ1n) is 8.88. The number of urea groups is 1. The van der Waals surface area contributed by atoms with Crippen LogP contribution in [0.1, 0.15) is 57.8 Å². The van der Waals surface area contributed by atoms with Crippen molar-refractivity contribution in [3.63, 3.8) is 0 Å². The standard InChI is InChI=1S/C17H30N4O/c1-19-13-16(12-15-8-4-2-5-9-15)21(14-18)17(22)20-10-6-3-7-11-20/h15-16,19H,2-13H2,1H3/t16-/m0/s1. The summed E-state index contributed by atoms with van der Waals surface area (Å²) in [4.78, 5) is 16.0. The summed E-state index contributed by atoms with van der Waals surface area (Å²) < 4.78 is 0. The highest BCUT2D eigenvalue weighted by Crippen LogP contribution is 2.28. The summed E-state index contributed by atoms with van der Waals surface area (Å²) >= 11 is 0. The number of nitrogens with zero attached hydrogens (tertiary/aromatic N) is 3. The fourth-order valence-corrected chi connectivity index (χ4v) is 3.84. The Morgan fingerprint density at radius 2 is 1.86 bits per heavy atom. The quantitative estimate of drug-likeness (QED) is 0.627. The molecular weight excluding hydrogens is 276 g/mol. The van der Waals surface area contributed by atoms with Gasteiger partial charge in [0.05, 0.1) is 6.04 Å². The van der Waals surface area contributed by atoms with Crippen molar-refractivity contribution in [3.8, 4) is 6.19 Å². The molecule has 1 heterocycles. The van der Waals surface area contributed by atoms with E-state index in [1.807, 2.05) is 11.9 Å². The maximum Gasteiger partial charge on any atom is 0.333 e. The minimum absolute atomic E-state index is 0.00692. The minimum Gasteiger partial charge on any atom is -0.324 e. The summed E-state index contributed by atoms with van der Waals surface area (Å²) in [5.41, 5.74) is 0. The van der Waals surface area contributed by atoms with Crippen molar-refractivity contribution in [3.05, 3.63) is 0 Å². The largest absolute Gasteiger partial charge is 0.333 e. The van der Waals surface area contributed by atoms with E-state index in [4.69, 9.17) is 0 Å². The summed E-state index contributed by atoms with van der Waals surface area (Å²) in [6, 6.07) is -0.0919. The summed E-state index contributed by atoms with van der Waals surface area (Å²) in [5, 5.41) is 12.7. The van der Waals surface area contributed by atoms with Gasteiger partial charge in [-0.05, 0) is 38.6 Å². The summed E-state index contributed by atoms with van der Waals surface area (Å²) in [5.74, 6) is 0.664. The number of likely N-dealkylation sites (N-methyl/N-ethyl adjacent to an activating group) is 1. The first-order valence-corrected chi connectivity index (χ1v) is 8.88. The molecule has 1 aliphatic carbocycles. The second-order valence-corrected chi connectivity index (χ2v) is 6.75. The smallest absolute Gasteiger partial charge is 0.324 e. The predicted octanol–water partition coefficient (Wildman–Crippen LogP) is 2.93. The lowest BCUT2D eigenvalue weighted by molar-refractivity contribution is 0.139. The Bertz CT molecular complexity index is 381. The molecule has 124 valence electrons. The predicted molar refractivity (Wildman–Crippen MR) is 87.2 cm³/mol. The molecule has 0 bridgehead atoms. The number of piperidine rings is 1. The van der Waals surface area contributed by atoms with E-state index in [-0.39, 0.29) is 12.1 Å². The summed E-state index contributed by atoms with van der Waals surface area (Å²) in [6.07, 6.45) is 12.9. The van der Waals surface area contributed by atoms with Gasteiger partial charge in [-0.25, -0.2) is 9.69 Å². The number of nitrogens with one attached hydrogen (secondary N) is 1. The molecule has 1 saturated heterocycles. The van der Waals surface area contributed by atoms with E-state index in [9.17, 15) is 10.1 Å². The van der Waals surface area contributed by atoms with Gasteiger partial charge in [0.1, 0.15) is 0 Å². The van der Waals surface area contributed by atoms with Gasteiger partial charge in [-0.15, -0.1) is 0 Å². The van der Waals surface area contributed by atoms with Crippen molar-refractivity contribution >= 4 is 6.03 Å². The lowest BCUT2D eigenvalue weighted by Crippen LogP contribution is -2.50. The third kappa shape index (κ3) is 4.61. The lowest BCUT2D eigenvalue weighted by atomic mass is 9.84. The number of hydrogen-bond acceptors (Lipinski definition) is 3. The monoisotopic (exact) mass is 306 g/mol. The number of nitriles is 1. The number of likely N-dealkylation sites (tertiary alicyclic amines) is 1. The van der Waals surface area contributed by atoms with Crippen LogP contribution in [0, 0.1) is 17.4 Å². The maximum absolute atomic E-state index is 12.7. The molecule has 2 fully saturated rings. The highest BCUT2D eigenvalue weighted by molar-refractivity contribution is 5.76. The molecule has 22 heavy (non-hydrogen) atoms.